The number of aromatic nitrogens is 1. The first-order valence-electron chi connectivity index (χ1n) is 8.86. The molecule has 1 fully saturated rings. The Morgan fingerprint density at radius 3 is 2.64 bits per heavy atom. The summed E-state index contributed by atoms with van der Waals surface area (Å²) in [6.07, 6.45) is 1.37. The van der Waals surface area contributed by atoms with Crippen LogP contribution in [0, 0.1) is 18.6 Å². The molecule has 0 unspecified atom stereocenters. The van der Waals surface area contributed by atoms with E-state index in [1.807, 2.05) is 37.3 Å². The van der Waals surface area contributed by atoms with E-state index in [2.05, 4.69) is 4.98 Å². The number of ether oxygens (including phenoxy) is 2. The van der Waals surface area contributed by atoms with E-state index in [-0.39, 0.29) is 18.3 Å². The van der Waals surface area contributed by atoms with Crippen molar-refractivity contribution in [3.05, 3.63) is 69.5 Å². The lowest BCUT2D eigenvalue weighted by molar-refractivity contribution is 0.0465. The third-order valence-electron chi connectivity index (χ3n) is 4.27. The number of halogens is 2. The van der Waals surface area contributed by atoms with Gasteiger partial charge in [0.25, 0.3) is 0 Å². The van der Waals surface area contributed by atoms with E-state index in [1.54, 1.807) is 0 Å². The Kier molecular flexibility index (Phi) is 5.09. The lowest BCUT2D eigenvalue weighted by Gasteiger charge is -2.11. The van der Waals surface area contributed by atoms with Crippen molar-refractivity contribution < 1.29 is 23.0 Å². The monoisotopic (exact) mass is 401 g/mol. The molecule has 0 N–H and O–H groups in total. The quantitative estimate of drug-likeness (QED) is 0.526. The molecule has 1 aliphatic carbocycles. The van der Waals surface area contributed by atoms with Crippen molar-refractivity contribution in [2.24, 2.45) is 0 Å². The second kappa shape index (κ2) is 7.67. The molecular formula is C21H17F2NO3S. The highest BCUT2D eigenvalue weighted by molar-refractivity contribution is 7.12. The predicted octanol–water partition coefficient (Wildman–Crippen LogP) is 5.29. The number of aryl methyl sites for hydroxylation is 1. The summed E-state index contributed by atoms with van der Waals surface area (Å²) in [6.45, 7) is 1.79. The third kappa shape index (κ3) is 3.89. The first kappa shape index (κ1) is 18.6. The summed E-state index contributed by atoms with van der Waals surface area (Å²) in [5, 5.41) is 0.820. The first-order chi connectivity index (χ1) is 13.5. The largest absolute Gasteiger partial charge is 0.482 e. The molecule has 2 aromatic carbocycles. The fourth-order valence-corrected chi connectivity index (χ4v) is 3.62. The van der Waals surface area contributed by atoms with Crippen LogP contribution < -0.4 is 4.74 Å². The van der Waals surface area contributed by atoms with Gasteiger partial charge in [0.05, 0.1) is 21.1 Å². The van der Waals surface area contributed by atoms with Crippen molar-refractivity contribution in [3.8, 4) is 17.0 Å². The van der Waals surface area contributed by atoms with Crippen LogP contribution in [0.1, 0.15) is 33.1 Å². The number of benzene rings is 2. The highest BCUT2D eigenvalue weighted by atomic mass is 32.1. The molecule has 0 atom stereocenters. The Morgan fingerprint density at radius 2 is 1.93 bits per heavy atom. The smallest absolute Gasteiger partial charge is 0.341 e. The highest BCUT2D eigenvalue weighted by Gasteiger charge is 2.29. The third-order valence-corrected chi connectivity index (χ3v) is 5.21. The number of carbonyl (C=O) groups excluding carboxylic acids is 1. The van der Waals surface area contributed by atoms with E-state index < -0.39 is 23.4 Å². The summed E-state index contributed by atoms with van der Waals surface area (Å²) in [5.74, 6) is -3.31. The van der Waals surface area contributed by atoms with Gasteiger partial charge in [0.15, 0.2) is 17.4 Å². The van der Waals surface area contributed by atoms with E-state index >= 15 is 0 Å². The predicted molar refractivity (Wildman–Crippen MR) is 101 cm³/mol. The molecule has 1 aliphatic rings. The molecule has 1 heterocycles. The van der Waals surface area contributed by atoms with Gasteiger partial charge >= 0.3 is 5.97 Å². The summed E-state index contributed by atoms with van der Waals surface area (Å²) >= 11 is 1.39. The van der Waals surface area contributed by atoms with Crippen LogP contribution in [0.5, 0.6) is 5.75 Å². The molecule has 7 heteroatoms. The van der Waals surface area contributed by atoms with Crippen LogP contribution in [0.3, 0.4) is 0 Å². The maximum absolute atomic E-state index is 14.7. The molecule has 0 radical (unpaired) electrons. The van der Waals surface area contributed by atoms with Crippen LogP contribution >= 0.6 is 11.3 Å². The minimum absolute atomic E-state index is 0.0648. The zero-order valence-corrected chi connectivity index (χ0v) is 15.9. The Balaban J connectivity index is 1.58. The van der Waals surface area contributed by atoms with Gasteiger partial charge in [-0.1, -0.05) is 30.3 Å². The van der Waals surface area contributed by atoms with Gasteiger partial charge in [-0.2, -0.15) is 0 Å². The van der Waals surface area contributed by atoms with Gasteiger partial charge in [-0.05, 0) is 31.9 Å². The maximum atomic E-state index is 14.7. The number of rotatable bonds is 6. The maximum Gasteiger partial charge on any atom is 0.341 e. The van der Waals surface area contributed by atoms with Gasteiger partial charge < -0.3 is 9.47 Å². The normalized spacial score (nSPS) is 13.4. The summed E-state index contributed by atoms with van der Waals surface area (Å²) in [4.78, 5) is 17.3. The zero-order valence-electron chi connectivity index (χ0n) is 15.1. The van der Waals surface area contributed by atoms with Gasteiger partial charge in [-0.25, -0.2) is 18.6 Å². The highest BCUT2D eigenvalue weighted by Crippen LogP contribution is 2.32. The van der Waals surface area contributed by atoms with Gasteiger partial charge in [0, 0.05) is 5.56 Å². The van der Waals surface area contributed by atoms with Gasteiger partial charge in [0.1, 0.15) is 12.7 Å². The molecule has 0 saturated heterocycles. The second-order valence-electron chi connectivity index (χ2n) is 6.50. The van der Waals surface area contributed by atoms with Gasteiger partial charge in [-0.3, -0.25) is 0 Å². The van der Waals surface area contributed by atoms with E-state index in [1.165, 1.54) is 11.3 Å². The summed E-state index contributed by atoms with van der Waals surface area (Å²) in [7, 11) is 0. The SMILES string of the molecule is Cc1nc(-c2ccccc2)c(COc2c(F)ccc(C(=O)OC3CC3)c2F)s1. The topological polar surface area (TPSA) is 48.4 Å². The summed E-state index contributed by atoms with van der Waals surface area (Å²) < 4.78 is 39.4. The average Bonchev–Trinajstić information content (AvgIpc) is 3.42. The van der Waals surface area contributed by atoms with Crippen molar-refractivity contribution in [1.82, 2.24) is 4.98 Å². The Bertz CT molecular complexity index is 1020. The Hall–Kier alpha value is -2.80. The zero-order chi connectivity index (χ0) is 19.7. The minimum Gasteiger partial charge on any atom is -0.482 e. The molecule has 4 nitrogen and oxygen atoms in total. The number of esters is 1. The molecule has 3 aromatic rings. The molecule has 144 valence electrons. The molecule has 1 saturated carbocycles. The molecule has 0 aliphatic heterocycles. The number of nitrogens with zero attached hydrogens (tertiary/aromatic N) is 1. The van der Waals surface area contributed by atoms with Crippen molar-refractivity contribution in [3.63, 3.8) is 0 Å². The average molecular weight is 401 g/mol. The lowest BCUT2D eigenvalue weighted by Crippen LogP contribution is -2.11. The summed E-state index contributed by atoms with van der Waals surface area (Å²) in [6, 6.07) is 11.6. The molecule has 0 bridgehead atoms. The van der Waals surface area contributed by atoms with E-state index in [9.17, 15) is 13.6 Å². The molecular weight excluding hydrogens is 384 g/mol. The Morgan fingerprint density at radius 1 is 1.18 bits per heavy atom. The van der Waals surface area contributed by atoms with E-state index in [4.69, 9.17) is 9.47 Å². The van der Waals surface area contributed by atoms with Crippen molar-refractivity contribution in [2.45, 2.75) is 32.5 Å². The lowest BCUT2D eigenvalue weighted by atomic mass is 10.1. The summed E-state index contributed by atoms with van der Waals surface area (Å²) in [5.41, 5.74) is 1.29. The van der Waals surface area contributed by atoms with Crippen molar-refractivity contribution in [1.29, 1.82) is 0 Å². The Labute approximate surface area is 164 Å². The van der Waals surface area contributed by atoms with Crippen molar-refractivity contribution >= 4 is 17.3 Å². The van der Waals surface area contributed by atoms with Gasteiger partial charge in [-0.15, -0.1) is 11.3 Å². The second-order valence-corrected chi connectivity index (χ2v) is 7.79. The molecule has 0 amide bonds. The van der Waals surface area contributed by atoms with Crippen LogP contribution in [0.2, 0.25) is 0 Å². The van der Waals surface area contributed by atoms with E-state index in [0.717, 1.165) is 40.4 Å². The van der Waals surface area contributed by atoms with Crippen molar-refractivity contribution in [2.75, 3.05) is 0 Å². The fraction of sp³-hybridized carbons (Fsp3) is 0.238. The minimum atomic E-state index is -1.05. The standard InChI is InChI=1S/C21H17F2NO3S/c1-12-24-19(13-5-3-2-4-6-13)17(28-12)11-26-20-16(22)10-9-15(18(20)23)21(25)27-14-7-8-14/h2-6,9-10,14H,7-8,11H2,1H3. The molecule has 1 aromatic heterocycles. The first-order valence-corrected chi connectivity index (χ1v) is 9.68. The molecule has 4 rings (SSSR count). The van der Waals surface area contributed by atoms with Crippen LogP contribution in [-0.4, -0.2) is 17.1 Å². The molecule has 0 spiro atoms. The number of hydrogen-bond donors (Lipinski definition) is 0. The number of thiazole rings is 1. The number of hydrogen-bond acceptors (Lipinski definition) is 5. The van der Waals surface area contributed by atoms with Crippen LogP contribution in [0.4, 0.5) is 8.78 Å². The van der Waals surface area contributed by atoms with Crippen LogP contribution in [-0.2, 0) is 11.3 Å². The van der Waals surface area contributed by atoms with E-state index in [0.29, 0.717) is 5.69 Å². The fourth-order valence-electron chi connectivity index (χ4n) is 2.75. The number of carbonyl (C=O) groups is 1. The van der Waals surface area contributed by atoms with Gasteiger partial charge in [0.2, 0.25) is 0 Å². The molecule has 28 heavy (non-hydrogen) atoms. The van der Waals surface area contributed by atoms with Crippen LogP contribution in [0.25, 0.3) is 11.3 Å². The van der Waals surface area contributed by atoms with Crippen LogP contribution in [0.15, 0.2) is 42.5 Å².